The van der Waals surface area contributed by atoms with E-state index in [9.17, 15) is 4.79 Å². The number of rotatable bonds is 2. The number of carbonyl (C=O) groups excluding carboxylic acids is 1. The van der Waals surface area contributed by atoms with Crippen molar-refractivity contribution in [1.82, 2.24) is 4.90 Å². The minimum atomic E-state index is -0.358. The SMILES string of the molecule is Cc1cccc(C)c1N1CCN(C)C(=O)C1CC#N. The van der Waals surface area contributed by atoms with Gasteiger partial charge in [0, 0.05) is 25.8 Å². The first-order chi connectivity index (χ1) is 9.06. The van der Waals surface area contributed by atoms with Crippen molar-refractivity contribution in [2.45, 2.75) is 26.3 Å². The fraction of sp³-hybridized carbons (Fsp3) is 0.467. The molecule has 4 heteroatoms. The van der Waals surface area contributed by atoms with Gasteiger partial charge in [0.05, 0.1) is 12.5 Å². The Labute approximate surface area is 114 Å². The number of likely N-dealkylation sites (N-methyl/N-ethyl adjacent to an activating group) is 1. The number of piperazine rings is 1. The molecular weight excluding hydrogens is 238 g/mol. The van der Waals surface area contributed by atoms with Gasteiger partial charge in [0.25, 0.3) is 0 Å². The summed E-state index contributed by atoms with van der Waals surface area (Å²) in [4.78, 5) is 16.1. The number of benzene rings is 1. The van der Waals surface area contributed by atoms with Gasteiger partial charge in [0.2, 0.25) is 5.91 Å². The number of aryl methyl sites for hydroxylation is 2. The Balaban J connectivity index is 2.42. The lowest BCUT2D eigenvalue weighted by Gasteiger charge is -2.41. The summed E-state index contributed by atoms with van der Waals surface area (Å²) in [7, 11) is 1.80. The summed E-state index contributed by atoms with van der Waals surface area (Å²) >= 11 is 0. The van der Waals surface area contributed by atoms with Crippen molar-refractivity contribution in [3.05, 3.63) is 29.3 Å². The smallest absolute Gasteiger partial charge is 0.246 e. The van der Waals surface area contributed by atoms with Crippen LogP contribution in [0.2, 0.25) is 0 Å². The zero-order valence-corrected chi connectivity index (χ0v) is 11.7. The van der Waals surface area contributed by atoms with E-state index in [-0.39, 0.29) is 18.4 Å². The van der Waals surface area contributed by atoms with Crippen molar-refractivity contribution in [3.63, 3.8) is 0 Å². The van der Waals surface area contributed by atoms with E-state index in [0.29, 0.717) is 6.54 Å². The van der Waals surface area contributed by atoms with Crippen LogP contribution < -0.4 is 4.90 Å². The standard InChI is InChI=1S/C15H19N3O/c1-11-5-4-6-12(2)14(11)18-10-9-17(3)15(19)13(18)7-8-16/h4-6,13H,7,9-10H2,1-3H3. The average molecular weight is 257 g/mol. The molecule has 1 aliphatic heterocycles. The van der Waals surface area contributed by atoms with Crippen LogP contribution in [0.15, 0.2) is 18.2 Å². The summed E-state index contributed by atoms with van der Waals surface area (Å²) < 4.78 is 0. The molecule has 0 aliphatic carbocycles. The van der Waals surface area contributed by atoms with Crippen LogP contribution in [0.1, 0.15) is 17.5 Å². The summed E-state index contributed by atoms with van der Waals surface area (Å²) in [5.41, 5.74) is 3.41. The third-order valence-corrected chi connectivity index (χ3v) is 3.73. The van der Waals surface area contributed by atoms with Crippen LogP contribution in [0.25, 0.3) is 0 Å². The van der Waals surface area contributed by atoms with Gasteiger partial charge in [-0.15, -0.1) is 0 Å². The highest BCUT2D eigenvalue weighted by molar-refractivity contribution is 5.87. The Morgan fingerprint density at radius 3 is 2.53 bits per heavy atom. The Morgan fingerprint density at radius 1 is 1.32 bits per heavy atom. The van der Waals surface area contributed by atoms with Crippen LogP contribution in [-0.4, -0.2) is 37.0 Å². The molecule has 1 aromatic rings. The van der Waals surface area contributed by atoms with Crippen molar-refractivity contribution in [1.29, 1.82) is 5.26 Å². The van der Waals surface area contributed by atoms with Gasteiger partial charge in [-0.2, -0.15) is 5.26 Å². The van der Waals surface area contributed by atoms with E-state index < -0.39 is 0 Å². The molecule has 0 saturated carbocycles. The Morgan fingerprint density at radius 2 is 1.95 bits per heavy atom. The normalized spacial score (nSPS) is 19.5. The Bertz CT molecular complexity index is 512. The molecule has 1 aromatic carbocycles. The van der Waals surface area contributed by atoms with Crippen molar-refractivity contribution in [2.75, 3.05) is 25.0 Å². The number of amides is 1. The summed E-state index contributed by atoms with van der Waals surface area (Å²) in [5.74, 6) is 0.0375. The van der Waals surface area contributed by atoms with E-state index in [2.05, 4.69) is 36.9 Å². The summed E-state index contributed by atoms with van der Waals surface area (Å²) in [6, 6.07) is 7.90. The van der Waals surface area contributed by atoms with Gasteiger partial charge >= 0.3 is 0 Å². The van der Waals surface area contributed by atoms with E-state index in [1.807, 2.05) is 6.07 Å². The first-order valence-corrected chi connectivity index (χ1v) is 6.51. The molecule has 1 heterocycles. The lowest BCUT2D eigenvalue weighted by Crippen LogP contribution is -2.56. The number of nitrogens with zero attached hydrogens (tertiary/aromatic N) is 3. The van der Waals surface area contributed by atoms with Crippen LogP contribution in [-0.2, 0) is 4.79 Å². The number of anilines is 1. The van der Waals surface area contributed by atoms with E-state index >= 15 is 0 Å². The quantitative estimate of drug-likeness (QED) is 0.812. The maximum atomic E-state index is 12.3. The summed E-state index contributed by atoms with van der Waals surface area (Å²) in [6.07, 6.45) is 0.233. The van der Waals surface area contributed by atoms with Crippen LogP contribution in [0.5, 0.6) is 0 Å². The van der Waals surface area contributed by atoms with Gasteiger partial charge in [0.15, 0.2) is 0 Å². The molecule has 1 amide bonds. The maximum Gasteiger partial charge on any atom is 0.246 e. The lowest BCUT2D eigenvalue weighted by atomic mass is 10.0. The highest BCUT2D eigenvalue weighted by atomic mass is 16.2. The first kappa shape index (κ1) is 13.4. The molecule has 100 valence electrons. The fourth-order valence-electron chi connectivity index (χ4n) is 2.72. The van der Waals surface area contributed by atoms with Crippen LogP contribution in [0.3, 0.4) is 0 Å². The lowest BCUT2D eigenvalue weighted by molar-refractivity contribution is -0.132. The summed E-state index contributed by atoms with van der Waals surface area (Å²) in [5, 5.41) is 8.98. The van der Waals surface area contributed by atoms with Gasteiger partial charge in [0.1, 0.15) is 6.04 Å². The minimum absolute atomic E-state index is 0.0375. The number of nitriles is 1. The van der Waals surface area contributed by atoms with E-state index in [4.69, 9.17) is 5.26 Å². The van der Waals surface area contributed by atoms with Crippen LogP contribution >= 0.6 is 0 Å². The molecule has 1 atom stereocenters. The second-order valence-electron chi connectivity index (χ2n) is 5.07. The third kappa shape index (κ3) is 2.41. The Kier molecular flexibility index (Phi) is 3.75. The fourth-order valence-corrected chi connectivity index (χ4v) is 2.72. The van der Waals surface area contributed by atoms with E-state index in [1.165, 1.54) is 0 Å². The molecule has 4 nitrogen and oxygen atoms in total. The summed E-state index contributed by atoms with van der Waals surface area (Å²) in [6.45, 7) is 5.58. The topological polar surface area (TPSA) is 47.3 Å². The predicted molar refractivity (Wildman–Crippen MR) is 74.9 cm³/mol. The molecule has 19 heavy (non-hydrogen) atoms. The van der Waals surface area contributed by atoms with Gasteiger partial charge in [-0.1, -0.05) is 18.2 Å². The largest absolute Gasteiger partial charge is 0.356 e. The van der Waals surface area contributed by atoms with Crippen molar-refractivity contribution < 1.29 is 4.79 Å². The monoisotopic (exact) mass is 257 g/mol. The maximum absolute atomic E-state index is 12.3. The highest BCUT2D eigenvalue weighted by Crippen LogP contribution is 2.29. The zero-order valence-electron chi connectivity index (χ0n) is 11.7. The molecule has 1 unspecified atom stereocenters. The molecule has 0 radical (unpaired) electrons. The highest BCUT2D eigenvalue weighted by Gasteiger charge is 2.34. The Hall–Kier alpha value is -2.02. The van der Waals surface area contributed by atoms with Crippen LogP contribution in [0.4, 0.5) is 5.69 Å². The molecule has 0 aromatic heterocycles. The molecular formula is C15H19N3O. The van der Waals surface area contributed by atoms with Crippen molar-refractivity contribution in [2.24, 2.45) is 0 Å². The van der Waals surface area contributed by atoms with E-state index in [1.54, 1.807) is 11.9 Å². The van der Waals surface area contributed by atoms with Crippen molar-refractivity contribution in [3.8, 4) is 6.07 Å². The molecule has 1 fully saturated rings. The molecule has 1 saturated heterocycles. The second-order valence-corrected chi connectivity index (χ2v) is 5.07. The molecule has 0 spiro atoms. The second kappa shape index (κ2) is 5.31. The minimum Gasteiger partial charge on any atom is -0.356 e. The van der Waals surface area contributed by atoms with Gasteiger partial charge < -0.3 is 9.80 Å². The predicted octanol–water partition coefficient (Wildman–Crippen LogP) is 1.86. The van der Waals surface area contributed by atoms with Crippen LogP contribution in [0, 0.1) is 25.2 Å². The van der Waals surface area contributed by atoms with Gasteiger partial charge in [-0.05, 0) is 25.0 Å². The first-order valence-electron chi connectivity index (χ1n) is 6.51. The molecule has 0 bridgehead atoms. The zero-order chi connectivity index (χ0) is 14.0. The van der Waals surface area contributed by atoms with Gasteiger partial charge in [-0.3, -0.25) is 4.79 Å². The average Bonchev–Trinajstić information content (AvgIpc) is 2.37. The van der Waals surface area contributed by atoms with Crippen molar-refractivity contribution >= 4 is 11.6 Å². The molecule has 1 aliphatic rings. The van der Waals surface area contributed by atoms with Gasteiger partial charge in [-0.25, -0.2) is 0 Å². The number of para-hydroxylation sites is 1. The van der Waals surface area contributed by atoms with E-state index in [0.717, 1.165) is 23.4 Å². The number of carbonyl (C=O) groups is 1. The third-order valence-electron chi connectivity index (χ3n) is 3.73. The molecule has 0 N–H and O–H groups in total. The number of hydrogen-bond acceptors (Lipinski definition) is 3. The number of hydrogen-bond donors (Lipinski definition) is 0. The molecule has 2 rings (SSSR count).